The number of halogens is 1. The van der Waals surface area contributed by atoms with Crippen molar-refractivity contribution in [2.24, 2.45) is 17.8 Å². The van der Waals surface area contributed by atoms with Gasteiger partial charge >= 0.3 is 0 Å². The number of carbonyl (C=O) groups is 2. The van der Waals surface area contributed by atoms with E-state index in [-0.39, 0.29) is 23.3 Å². The van der Waals surface area contributed by atoms with Gasteiger partial charge in [-0.2, -0.15) is 0 Å². The number of piperidine rings is 1. The minimum absolute atomic E-state index is 0.0409. The molecule has 2 N–H and O–H groups in total. The van der Waals surface area contributed by atoms with E-state index in [0.717, 1.165) is 23.6 Å². The molecule has 0 radical (unpaired) electrons. The highest BCUT2D eigenvalue weighted by molar-refractivity contribution is 7.89. The van der Waals surface area contributed by atoms with E-state index in [1.807, 2.05) is 13.8 Å². The van der Waals surface area contributed by atoms with Crippen LogP contribution in [0.1, 0.15) is 39.5 Å². The third-order valence-corrected chi connectivity index (χ3v) is 7.68. The predicted molar refractivity (Wildman–Crippen MR) is 118 cm³/mol. The van der Waals surface area contributed by atoms with Crippen molar-refractivity contribution < 1.29 is 23.2 Å². The van der Waals surface area contributed by atoms with Crippen LogP contribution in [0.2, 0.25) is 5.02 Å². The van der Waals surface area contributed by atoms with Gasteiger partial charge in [0.2, 0.25) is 15.9 Å². The fourth-order valence-electron chi connectivity index (χ4n) is 4.04. The smallest absolute Gasteiger partial charge is 0.256 e. The molecule has 1 saturated heterocycles. The van der Waals surface area contributed by atoms with Gasteiger partial charge in [-0.3, -0.25) is 14.8 Å². The summed E-state index contributed by atoms with van der Waals surface area (Å²) in [7, 11) is -2.42. The van der Waals surface area contributed by atoms with Crippen molar-refractivity contribution in [3.8, 4) is 0 Å². The van der Waals surface area contributed by atoms with Crippen molar-refractivity contribution in [3.05, 3.63) is 29.3 Å². The van der Waals surface area contributed by atoms with Crippen LogP contribution in [0.5, 0.6) is 0 Å². The predicted octanol–water partition coefficient (Wildman–Crippen LogP) is 2.76. The van der Waals surface area contributed by atoms with E-state index in [2.05, 4.69) is 0 Å². The van der Waals surface area contributed by atoms with Gasteiger partial charge in [-0.15, -0.1) is 0 Å². The molecule has 0 saturated carbocycles. The van der Waals surface area contributed by atoms with Gasteiger partial charge in [0.15, 0.2) is 0 Å². The Bertz CT molecular complexity index is 854. The first-order valence-electron chi connectivity index (χ1n) is 10.5. The second kappa shape index (κ2) is 11.3. The molecule has 1 heterocycles. The lowest BCUT2D eigenvalue weighted by molar-refractivity contribution is -0.149. The number of benzene rings is 1. The van der Waals surface area contributed by atoms with Gasteiger partial charge in [-0.1, -0.05) is 25.4 Å². The van der Waals surface area contributed by atoms with E-state index in [0.29, 0.717) is 24.5 Å². The number of nitrogens with one attached hydrogen (secondary N) is 1. The second-order valence-electron chi connectivity index (χ2n) is 8.47. The molecule has 31 heavy (non-hydrogen) atoms. The van der Waals surface area contributed by atoms with E-state index < -0.39 is 27.8 Å². The summed E-state index contributed by atoms with van der Waals surface area (Å²) >= 11 is 5.87. The summed E-state index contributed by atoms with van der Waals surface area (Å²) in [6, 6.07) is 5.83. The molecule has 0 aliphatic carbocycles. The maximum absolute atomic E-state index is 13.2. The summed E-state index contributed by atoms with van der Waals surface area (Å²) in [5, 5.41) is 9.74. The molecule has 1 fully saturated rings. The first-order valence-corrected chi connectivity index (χ1v) is 12.3. The molecule has 0 bridgehead atoms. The molecule has 0 aromatic heterocycles. The van der Waals surface area contributed by atoms with Crippen molar-refractivity contribution in [1.29, 1.82) is 0 Å². The number of carbonyl (C=O) groups excluding carboxylic acids is 2. The first kappa shape index (κ1) is 25.6. The average molecular weight is 474 g/mol. The third kappa shape index (κ3) is 6.65. The lowest BCUT2D eigenvalue weighted by Gasteiger charge is -2.34. The summed E-state index contributed by atoms with van der Waals surface area (Å²) in [5.74, 6) is -2.84. The Morgan fingerprint density at radius 1 is 1.16 bits per heavy atom. The Kier molecular flexibility index (Phi) is 9.29. The van der Waals surface area contributed by atoms with Crippen molar-refractivity contribution >= 4 is 33.4 Å². The first-order chi connectivity index (χ1) is 14.6. The molecule has 8 nitrogen and oxygen atoms in total. The van der Waals surface area contributed by atoms with Crippen molar-refractivity contribution in [2.45, 2.75) is 44.4 Å². The van der Waals surface area contributed by atoms with E-state index in [9.17, 15) is 23.2 Å². The van der Waals surface area contributed by atoms with Crippen LogP contribution in [0.3, 0.4) is 0 Å². The number of hydrogen-bond acceptors (Lipinski definition) is 5. The zero-order chi connectivity index (χ0) is 23.2. The zero-order valence-electron chi connectivity index (χ0n) is 18.3. The fourth-order valence-corrected chi connectivity index (χ4v) is 5.40. The SMILES string of the molecule is CC(C)C[C@@H](CN(C)S(=O)(=O)c1ccc(Cl)cc1)[C@H](C(=O)NO)C(=O)N1CCCCC1. The minimum atomic E-state index is -3.85. The lowest BCUT2D eigenvalue weighted by Crippen LogP contribution is -2.50. The molecule has 0 spiro atoms. The normalized spacial score (nSPS) is 16.9. The highest BCUT2D eigenvalue weighted by atomic mass is 35.5. The van der Waals surface area contributed by atoms with Gasteiger partial charge in [0.25, 0.3) is 5.91 Å². The topological polar surface area (TPSA) is 107 Å². The Morgan fingerprint density at radius 2 is 1.74 bits per heavy atom. The van der Waals surface area contributed by atoms with Gasteiger partial charge in [0.1, 0.15) is 5.92 Å². The van der Waals surface area contributed by atoms with Gasteiger partial charge in [0.05, 0.1) is 4.90 Å². The van der Waals surface area contributed by atoms with Gasteiger partial charge in [0, 0.05) is 31.7 Å². The Morgan fingerprint density at radius 3 is 2.26 bits per heavy atom. The zero-order valence-corrected chi connectivity index (χ0v) is 19.8. The number of rotatable bonds is 9. The quantitative estimate of drug-likeness (QED) is 0.326. The molecule has 174 valence electrons. The average Bonchev–Trinajstić information content (AvgIpc) is 2.74. The summed E-state index contributed by atoms with van der Waals surface area (Å²) in [4.78, 5) is 27.5. The largest absolute Gasteiger partial charge is 0.342 e. The lowest BCUT2D eigenvalue weighted by atomic mass is 9.83. The van der Waals surface area contributed by atoms with E-state index in [1.54, 1.807) is 10.4 Å². The number of amides is 2. The minimum Gasteiger partial charge on any atom is -0.342 e. The molecule has 0 unspecified atom stereocenters. The van der Waals surface area contributed by atoms with Crippen molar-refractivity contribution in [1.82, 2.24) is 14.7 Å². The molecule has 1 aliphatic heterocycles. The standard InChI is InChI=1S/C21H32ClN3O5S/c1-15(2)13-16(14-24(3)31(29,30)18-9-7-17(22)8-10-18)19(20(26)23-28)21(27)25-11-5-4-6-12-25/h7-10,15-16,19,28H,4-6,11-14H2,1-3H3,(H,23,26)/t16-,19+/m0/s1. The van der Waals surface area contributed by atoms with Gasteiger partial charge in [-0.05, 0) is 61.8 Å². The van der Waals surface area contributed by atoms with Crippen LogP contribution < -0.4 is 5.48 Å². The summed E-state index contributed by atoms with van der Waals surface area (Å²) in [6.45, 7) is 4.96. The highest BCUT2D eigenvalue weighted by Gasteiger charge is 2.40. The van der Waals surface area contributed by atoms with Crippen molar-refractivity contribution in [3.63, 3.8) is 0 Å². The van der Waals surface area contributed by atoms with E-state index in [1.165, 1.54) is 31.3 Å². The highest BCUT2D eigenvalue weighted by Crippen LogP contribution is 2.28. The Balaban J connectivity index is 2.32. The molecule has 10 heteroatoms. The van der Waals surface area contributed by atoms with Crippen LogP contribution in [-0.2, 0) is 19.6 Å². The molecule has 1 aliphatic rings. The van der Waals surface area contributed by atoms with Gasteiger partial charge in [-0.25, -0.2) is 18.2 Å². The van der Waals surface area contributed by atoms with Crippen LogP contribution in [0, 0.1) is 17.8 Å². The molecular weight excluding hydrogens is 442 g/mol. The van der Waals surface area contributed by atoms with Crippen LogP contribution in [0.4, 0.5) is 0 Å². The number of hydrogen-bond donors (Lipinski definition) is 2. The van der Waals surface area contributed by atoms with E-state index in [4.69, 9.17) is 11.6 Å². The molecule has 1 aromatic carbocycles. The fraction of sp³-hybridized carbons (Fsp3) is 0.619. The van der Waals surface area contributed by atoms with Crippen molar-refractivity contribution in [2.75, 3.05) is 26.7 Å². The Hall–Kier alpha value is -1.68. The molecule has 2 rings (SSSR count). The summed E-state index contributed by atoms with van der Waals surface area (Å²) in [6.07, 6.45) is 3.19. The van der Waals surface area contributed by atoms with Crippen LogP contribution in [0.25, 0.3) is 0 Å². The number of sulfonamides is 1. The number of nitrogens with zero attached hydrogens (tertiary/aromatic N) is 2. The maximum atomic E-state index is 13.2. The molecule has 2 atom stereocenters. The number of hydroxylamine groups is 1. The summed E-state index contributed by atoms with van der Waals surface area (Å²) < 4.78 is 27.2. The van der Waals surface area contributed by atoms with Gasteiger partial charge < -0.3 is 4.90 Å². The third-order valence-electron chi connectivity index (χ3n) is 5.59. The summed E-state index contributed by atoms with van der Waals surface area (Å²) in [5.41, 5.74) is 1.62. The molecular formula is C21H32ClN3O5S. The number of likely N-dealkylation sites (tertiary alicyclic amines) is 1. The maximum Gasteiger partial charge on any atom is 0.256 e. The van der Waals surface area contributed by atoms with Crippen LogP contribution >= 0.6 is 11.6 Å². The molecule has 2 amide bonds. The Labute approximate surface area is 189 Å². The monoisotopic (exact) mass is 473 g/mol. The second-order valence-corrected chi connectivity index (χ2v) is 11.0. The van der Waals surface area contributed by atoms with E-state index >= 15 is 0 Å². The van der Waals surface area contributed by atoms with Crippen LogP contribution in [0.15, 0.2) is 29.2 Å². The molecule has 1 aromatic rings. The van der Waals surface area contributed by atoms with Crippen LogP contribution in [-0.4, -0.2) is 61.3 Å².